The van der Waals surface area contributed by atoms with Crippen molar-refractivity contribution in [3.63, 3.8) is 0 Å². The number of rotatable bonds is 1. The molecule has 21 heavy (non-hydrogen) atoms. The van der Waals surface area contributed by atoms with Gasteiger partial charge >= 0.3 is 5.97 Å². The Balaban J connectivity index is 2.37. The number of allylic oxidation sites excluding steroid dienone is 2. The Kier molecular flexibility index (Phi) is 4.66. The molecule has 0 bridgehead atoms. The van der Waals surface area contributed by atoms with E-state index in [0.717, 1.165) is 24.3 Å². The molecule has 1 spiro atoms. The summed E-state index contributed by atoms with van der Waals surface area (Å²) in [5.74, 6) is -0.235. The molecule has 0 aromatic heterocycles. The lowest BCUT2D eigenvalue weighted by Gasteiger charge is -2.57. The third-order valence-electron chi connectivity index (χ3n) is 5.54. The summed E-state index contributed by atoms with van der Waals surface area (Å²) in [6.07, 6.45) is 3.49. The molecule has 0 aromatic carbocycles. The topological polar surface area (TPSA) is 26.3 Å². The van der Waals surface area contributed by atoms with Crippen LogP contribution in [0.3, 0.4) is 0 Å². The van der Waals surface area contributed by atoms with E-state index < -0.39 is 0 Å². The number of hydrogen-bond acceptors (Lipinski definition) is 2. The van der Waals surface area contributed by atoms with E-state index in [4.69, 9.17) is 16.3 Å². The van der Waals surface area contributed by atoms with Crippen molar-refractivity contribution in [3.05, 3.63) is 22.8 Å². The van der Waals surface area contributed by atoms with Crippen molar-refractivity contribution in [3.8, 4) is 0 Å². The van der Waals surface area contributed by atoms with Gasteiger partial charge in [0, 0.05) is 23.8 Å². The fourth-order valence-corrected chi connectivity index (χ4v) is 4.99. The van der Waals surface area contributed by atoms with Gasteiger partial charge in [-0.25, -0.2) is 0 Å². The zero-order chi connectivity index (χ0) is 16.0. The van der Waals surface area contributed by atoms with Crippen LogP contribution < -0.4 is 0 Å². The zero-order valence-electron chi connectivity index (χ0n) is 13.3. The molecule has 0 N–H and O–H groups in total. The molecule has 3 atom stereocenters. The average molecular weight is 376 g/mol. The number of hydrogen-bond donors (Lipinski definition) is 0. The van der Waals surface area contributed by atoms with Gasteiger partial charge in [0.15, 0.2) is 0 Å². The van der Waals surface area contributed by atoms with Gasteiger partial charge in [-0.15, -0.1) is 0 Å². The third-order valence-corrected chi connectivity index (χ3v) is 7.73. The number of alkyl halides is 1. The molecule has 0 aromatic rings. The second-order valence-electron chi connectivity index (χ2n) is 7.02. The van der Waals surface area contributed by atoms with Gasteiger partial charge in [0.25, 0.3) is 0 Å². The maximum absolute atomic E-state index is 11.3. The molecule has 1 fully saturated rings. The molecule has 0 heterocycles. The van der Waals surface area contributed by atoms with Crippen LogP contribution in [-0.4, -0.2) is 16.9 Å². The Bertz CT molecular complexity index is 509. The maximum Gasteiger partial charge on any atom is 0.302 e. The second kappa shape index (κ2) is 5.73. The number of halogens is 2. The van der Waals surface area contributed by atoms with Gasteiger partial charge in [0.2, 0.25) is 0 Å². The number of esters is 1. The van der Waals surface area contributed by atoms with Crippen molar-refractivity contribution in [1.29, 1.82) is 0 Å². The first kappa shape index (κ1) is 17.1. The van der Waals surface area contributed by atoms with Gasteiger partial charge in [-0.2, -0.15) is 0 Å². The van der Waals surface area contributed by atoms with Gasteiger partial charge in [0.05, 0.1) is 4.83 Å². The number of carbonyl (C=O) groups is 1. The molecular weight excluding hydrogens is 352 g/mol. The van der Waals surface area contributed by atoms with E-state index in [2.05, 4.69) is 43.3 Å². The first-order chi connectivity index (χ1) is 9.61. The van der Waals surface area contributed by atoms with E-state index in [1.54, 1.807) is 0 Å². The summed E-state index contributed by atoms with van der Waals surface area (Å²) < 4.78 is 5.50. The van der Waals surface area contributed by atoms with Crippen molar-refractivity contribution in [1.82, 2.24) is 0 Å². The Morgan fingerprint density at radius 2 is 2.10 bits per heavy atom. The smallest absolute Gasteiger partial charge is 0.302 e. The minimum absolute atomic E-state index is 0.0194. The monoisotopic (exact) mass is 374 g/mol. The third kappa shape index (κ3) is 2.72. The summed E-state index contributed by atoms with van der Waals surface area (Å²) in [5, 5.41) is 0.973. The highest BCUT2D eigenvalue weighted by Crippen LogP contribution is 2.63. The van der Waals surface area contributed by atoms with Crippen LogP contribution in [0.2, 0.25) is 0 Å². The first-order valence-electron chi connectivity index (χ1n) is 7.45. The molecule has 0 unspecified atom stereocenters. The molecule has 0 saturated heterocycles. The maximum atomic E-state index is 11.3. The Hall–Kier alpha value is -0.280. The largest absolute Gasteiger partial charge is 0.461 e. The fraction of sp³-hybridized carbons (Fsp3) is 0.706. The Morgan fingerprint density at radius 1 is 1.48 bits per heavy atom. The summed E-state index contributed by atoms with van der Waals surface area (Å²) >= 11 is 10.3. The Morgan fingerprint density at radius 3 is 2.62 bits per heavy atom. The summed E-state index contributed by atoms with van der Waals surface area (Å²) in [5.41, 5.74) is 2.36. The molecule has 0 radical (unpaired) electrons. The van der Waals surface area contributed by atoms with Crippen molar-refractivity contribution in [2.75, 3.05) is 0 Å². The van der Waals surface area contributed by atoms with Gasteiger partial charge in [-0.3, -0.25) is 4.79 Å². The van der Waals surface area contributed by atoms with E-state index in [1.807, 2.05) is 0 Å². The predicted octanol–water partition coefficient (Wildman–Crippen LogP) is 5.35. The highest BCUT2D eigenvalue weighted by atomic mass is 79.9. The van der Waals surface area contributed by atoms with Crippen LogP contribution in [0.5, 0.6) is 0 Å². The van der Waals surface area contributed by atoms with E-state index >= 15 is 0 Å². The lowest BCUT2D eigenvalue weighted by Crippen LogP contribution is -2.55. The average Bonchev–Trinajstić information content (AvgIpc) is 2.38. The van der Waals surface area contributed by atoms with Crippen molar-refractivity contribution in [2.24, 2.45) is 10.8 Å². The van der Waals surface area contributed by atoms with E-state index in [-0.39, 0.29) is 27.7 Å². The summed E-state index contributed by atoms with van der Waals surface area (Å²) in [7, 11) is 0. The molecule has 4 heteroatoms. The lowest BCUT2D eigenvalue weighted by molar-refractivity contribution is -0.150. The minimum atomic E-state index is -0.235. The van der Waals surface area contributed by atoms with Gasteiger partial charge in [-0.1, -0.05) is 59.1 Å². The van der Waals surface area contributed by atoms with Gasteiger partial charge < -0.3 is 4.74 Å². The van der Waals surface area contributed by atoms with Gasteiger partial charge in [0.1, 0.15) is 6.10 Å². The Labute approximate surface area is 141 Å². The SMILES string of the molecule is C=C1C[C@H](OC(C)=O)[C@H](Br)C(C)(C)[C@@]12CCC(C)=C(Cl)C2. The lowest BCUT2D eigenvalue weighted by atomic mass is 9.50. The molecular formula is C17H24BrClO2. The second-order valence-corrected chi connectivity index (χ2v) is 8.47. The molecule has 0 aliphatic heterocycles. The van der Waals surface area contributed by atoms with Crippen LogP contribution in [-0.2, 0) is 9.53 Å². The van der Waals surface area contributed by atoms with Crippen LogP contribution in [0.15, 0.2) is 22.8 Å². The zero-order valence-corrected chi connectivity index (χ0v) is 15.6. The van der Waals surface area contributed by atoms with Crippen molar-refractivity contribution < 1.29 is 9.53 Å². The van der Waals surface area contributed by atoms with Crippen LogP contribution >= 0.6 is 27.5 Å². The highest BCUT2D eigenvalue weighted by Gasteiger charge is 2.57. The highest BCUT2D eigenvalue weighted by molar-refractivity contribution is 9.09. The first-order valence-corrected chi connectivity index (χ1v) is 8.75. The van der Waals surface area contributed by atoms with Gasteiger partial charge in [-0.05, 0) is 31.6 Å². The summed E-state index contributed by atoms with van der Waals surface area (Å²) in [6, 6.07) is 0. The van der Waals surface area contributed by atoms with Crippen LogP contribution in [0.1, 0.15) is 53.4 Å². The molecule has 0 amide bonds. The minimum Gasteiger partial charge on any atom is -0.461 e. The molecule has 2 aliphatic carbocycles. The number of carbonyl (C=O) groups excluding carboxylic acids is 1. The summed E-state index contributed by atoms with van der Waals surface area (Å²) in [6.45, 7) is 12.4. The van der Waals surface area contributed by atoms with E-state index in [0.29, 0.717) is 6.42 Å². The van der Waals surface area contributed by atoms with Crippen molar-refractivity contribution >= 4 is 33.5 Å². The molecule has 2 rings (SSSR count). The van der Waals surface area contributed by atoms with Crippen LogP contribution in [0, 0.1) is 10.8 Å². The molecule has 118 valence electrons. The number of ether oxygens (including phenoxy) is 1. The predicted molar refractivity (Wildman–Crippen MR) is 90.6 cm³/mol. The van der Waals surface area contributed by atoms with Crippen LogP contribution in [0.25, 0.3) is 0 Å². The molecule has 2 aliphatic rings. The van der Waals surface area contributed by atoms with E-state index in [9.17, 15) is 4.79 Å². The quantitative estimate of drug-likeness (QED) is 0.351. The summed E-state index contributed by atoms with van der Waals surface area (Å²) in [4.78, 5) is 11.4. The molecule has 2 nitrogen and oxygen atoms in total. The normalized spacial score (nSPS) is 36.0. The van der Waals surface area contributed by atoms with E-state index in [1.165, 1.54) is 18.1 Å². The van der Waals surface area contributed by atoms with Crippen LogP contribution in [0.4, 0.5) is 0 Å². The fourth-order valence-electron chi connectivity index (χ4n) is 3.93. The van der Waals surface area contributed by atoms with Crippen molar-refractivity contribution in [2.45, 2.75) is 64.3 Å². The standard InChI is InChI=1S/C17H24BrClO2/c1-10-6-7-17(9-13(10)19)11(2)8-14(21-12(3)20)15(18)16(17,4)5/h14-15H,2,6-9H2,1,3-5H3/t14-,15-,17+/m0/s1. The molecule has 1 saturated carbocycles.